The summed E-state index contributed by atoms with van der Waals surface area (Å²) in [6, 6.07) is 14.9. The zero-order valence-corrected chi connectivity index (χ0v) is 20.2. The highest BCUT2D eigenvalue weighted by Gasteiger charge is 2.31. The summed E-state index contributed by atoms with van der Waals surface area (Å²) in [5, 5.41) is 19.8. The topological polar surface area (TPSA) is 83.4 Å². The van der Waals surface area contributed by atoms with Crippen LogP contribution >= 0.6 is 0 Å². The number of oxime groups is 1. The van der Waals surface area contributed by atoms with Crippen molar-refractivity contribution in [3.63, 3.8) is 0 Å². The van der Waals surface area contributed by atoms with Gasteiger partial charge in [-0.1, -0.05) is 42.4 Å². The molecule has 2 aliphatic rings. The number of rotatable bonds is 9. The normalized spacial score (nSPS) is 16.8. The predicted molar refractivity (Wildman–Crippen MR) is 135 cm³/mol. The van der Waals surface area contributed by atoms with Gasteiger partial charge in [-0.05, 0) is 66.5 Å². The highest BCUT2D eigenvalue weighted by molar-refractivity contribution is 6.46. The molecule has 0 bridgehead atoms. The number of aliphatic hydroxyl groups is 1. The van der Waals surface area contributed by atoms with Crippen LogP contribution in [0.3, 0.4) is 0 Å². The Morgan fingerprint density at radius 1 is 1.19 bits per heavy atom. The third kappa shape index (κ3) is 5.05. The lowest BCUT2D eigenvalue weighted by atomic mass is 9.95. The minimum absolute atomic E-state index is 0.145. The molecular weight excluding hydrogens is 461 g/mol. The summed E-state index contributed by atoms with van der Waals surface area (Å²) in [6.45, 7) is 5.24. The fourth-order valence-corrected chi connectivity index (χ4v) is 4.63. The summed E-state index contributed by atoms with van der Waals surface area (Å²) < 4.78 is 19.3. The van der Waals surface area contributed by atoms with Gasteiger partial charge in [-0.2, -0.15) is 0 Å². The van der Waals surface area contributed by atoms with E-state index in [-0.39, 0.29) is 18.1 Å². The number of nitrogens with zero attached hydrogens (tertiary/aromatic N) is 2. The Kier molecular flexibility index (Phi) is 7.16. The SMILES string of the molecule is CCCOc1ccc([C@@H](O)[C@@H](CN2CCC2)NC(=O)C2=NOCc3c2ccc2cc(F)ccc32)cc1. The number of nitrogens with one attached hydrogen (secondary N) is 1. The smallest absolute Gasteiger partial charge is 0.274 e. The molecule has 0 saturated carbocycles. The quantitative estimate of drug-likeness (QED) is 0.474. The van der Waals surface area contributed by atoms with Gasteiger partial charge in [-0.15, -0.1) is 0 Å². The molecule has 1 saturated heterocycles. The fraction of sp³-hybridized carbons (Fsp3) is 0.357. The molecule has 2 aliphatic heterocycles. The van der Waals surface area contributed by atoms with E-state index in [9.17, 15) is 14.3 Å². The monoisotopic (exact) mass is 491 g/mol. The molecule has 5 rings (SSSR count). The van der Waals surface area contributed by atoms with E-state index in [1.54, 1.807) is 18.2 Å². The second kappa shape index (κ2) is 10.6. The Morgan fingerprint density at radius 3 is 2.72 bits per heavy atom. The van der Waals surface area contributed by atoms with Crippen LogP contribution in [0.25, 0.3) is 10.8 Å². The van der Waals surface area contributed by atoms with E-state index in [1.165, 1.54) is 12.1 Å². The summed E-state index contributed by atoms with van der Waals surface area (Å²) in [4.78, 5) is 21.0. The molecule has 1 amide bonds. The van der Waals surface area contributed by atoms with Crippen molar-refractivity contribution in [1.82, 2.24) is 10.2 Å². The molecule has 0 spiro atoms. The van der Waals surface area contributed by atoms with Crippen molar-refractivity contribution in [1.29, 1.82) is 0 Å². The Bertz CT molecular complexity index is 1270. The highest BCUT2D eigenvalue weighted by Crippen LogP contribution is 2.28. The molecule has 3 aromatic rings. The number of hydrogen-bond donors (Lipinski definition) is 2. The number of benzene rings is 3. The van der Waals surface area contributed by atoms with Crippen molar-refractivity contribution in [2.45, 2.75) is 38.5 Å². The average Bonchev–Trinajstić information content (AvgIpc) is 2.87. The van der Waals surface area contributed by atoms with Crippen LogP contribution in [-0.2, 0) is 16.2 Å². The number of aliphatic hydroxyl groups excluding tert-OH is 1. The summed E-state index contributed by atoms with van der Waals surface area (Å²) in [5.41, 5.74) is 2.27. The van der Waals surface area contributed by atoms with Gasteiger partial charge in [0.05, 0.1) is 12.6 Å². The predicted octanol–water partition coefficient (Wildman–Crippen LogP) is 3.93. The Hall–Kier alpha value is -3.49. The lowest BCUT2D eigenvalue weighted by Crippen LogP contribution is -2.52. The number of ether oxygens (including phenoxy) is 1. The van der Waals surface area contributed by atoms with E-state index in [0.29, 0.717) is 24.3 Å². The third-order valence-corrected chi connectivity index (χ3v) is 6.72. The van der Waals surface area contributed by atoms with Crippen molar-refractivity contribution < 1.29 is 23.9 Å². The molecule has 2 N–H and O–H groups in total. The first-order valence-electron chi connectivity index (χ1n) is 12.4. The first-order valence-corrected chi connectivity index (χ1v) is 12.4. The maximum Gasteiger partial charge on any atom is 0.274 e. The van der Waals surface area contributed by atoms with Crippen molar-refractivity contribution >= 4 is 22.4 Å². The Balaban J connectivity index is 1.37. The van der Waals surface area contributed by atoms with Crippen molar-refractivity contribution in [2.24, 2.45) is 5.16 Å². The first-order chi connectivity index (χ1) is 17.5. The first kappa shape index (κ1) is 24.2. The number of carbonyl (C=O) groups excluding carboxylic acids is 1. The van der Waals surface area contributed by atoms with E-state index >= 15 is 0 Å². The average molecular weight is 492 g/mol. The van der Waals surface area contributed by atoms with Gasteiger partial charge in [-0.25, -0.2) is 4.39 Å². The highest BCUT2D eigenvalue weighted by atomic mass is 19.1. The minimum atomic E-state index is -0.918. The lowest BCUT2D eigenvalue weighted by molar-refractivity contribution is -0.116. The van der Waals surface area contributed by atoms with Crippen molar-refractivity contribution in [3.05, 3.63) is 77.1 Å². The van der Waals surface area contributed by atoms with Crippen molar-refractivity contribution in [3.8, 4) is 5.75 Å². The number of fused-ring (bicyclic) bond motifs is 3. The molecule has 7 nitrogen and oxygen atoms in total. The second-order valence-corrected chi connectivity index (χ2v) is 9.27. The number of hydrogen-bond acceptors (Lipinski definition) is 6. The van der Waals surface area contributed by atoms with Gasteiger partial charge in [0.25, 0.3) is 5.91 Å². The Labute approximate surface area is 209 Å². The van der Waals surface area contributed by atoms with Gasteiger partial charge in [0.2, 0.25) is 0 Å². The maximum atomic E-state index is 13.7. The maximum absolute atomic E-state index is 13.7. The van der Waals surface area contributed by atoms with Crippen LogP contribution in [0.4, 0.5) is 4.39 Å². The van der Waals surface area contributed by atoms with Gasteiger partial charge in [0.1, 0.15) is 24.3 Å². The van der Waals surface area contributed by atoms with Crippen LogP contribution in [0, 0.1) is 5.82 Å². The van der Waals surface area contributed by atoms with Gasteiger partial charge in [0.15, 0.2) is 5.71 Å². The van der Waals surface area contributed by atoms with Crippen LogP contribution in [0.5, 0.6) is 5.75 Å². The van der Waals surface area contributed by atoms with Gasteiger partial charge in [-0.3, -0.25) is 4.79 Å². The van der Waals surface area contributed by atoms with E-state index in [2.05, 4.69) is 15.4 Å². The molecule has 1 fully saturated rings. The molecule has 36 heavy (non-hydrogen) atoms. The number of halogens is 1. The molecule has 3 aromatic carbocycles. The third-order valence-electron chi connectivity index (χ3n) is 6.72. The molecular formula is C28H30FN3O4. The number of likely N-dealkylation sites (tertiary alicyclic amines) is 1. The molecule has 0 aromatic heterocycles. The number of carbonyl (C=O) groups is 1. The summed E-state index contributed by atoms with van der Waals surface area (Å²) in [6.07, 6.45) is 1.10. The Morgan fingerprint density at radius 2 is 2.00 bits per heavy atom. The molecule has 0 aliphatic carbocycles. The fourth-order valence-electron chi connectivity index (χ4n) is 4.63. The van der Waals surface area contributed by atoms with E-state index in [1.807, 2.05) is 31.2 Å². The summed E-state index contributed by atoms with van der Waals surface area (Å²) in [7, 11) is 0. The molecule has 0 radical (unpaired) electrons. The van der Waals surface area contributed by atoms with Crippen LogP contribution in [0.1, 0.15) is 42.6 Å². The van der Waals surface area contributed by atoms with Crippen LogP contribution in [0.2, 0.25) is 0 Å². The van der Waals surface area contributed by atoms with Crippen molar-refractivity contribution in [2.75, 3.05) is 26.2 Å². The second-order valence-electron chi connectivity index (χ2n) is 9.27. The summed E-state index contributed by atoms with van der Waals surface area (Å²) in [5.74, 6) is -0.00275. The standard InChI is InChI=1S/C28H30FN3O4/c1-2-14-35-21-8-4-18(5-9-21)27(33)25(16-32-12-3-13-32)30-28(34)26-23-10-6-19-15-20(29)7-11-22(19)24(23)17-36-31-26/h4-11,15,25,27,33H,2-3,12-14,16-17H2,1H3,(H,30,34)/t25-,27-/m1/s1. The van der Waals surface area contributed by atoms with E-state index in [4.69, 9.17) is 9.57 Å². The molecule has 0 unspecified atom stereocenters. The summed E-state index contributed by atoms with van der Waals surface area (Å²) >= 11 is 0. The molecule has 2 atom stereocenters. The zero-order chi connectivity index (χ0) is 25.1. The lowest BCUT2D eigenvalue weighted by Gasteiger charge is -2.36. The minimum Gasteiger partial charge on any atom is -0.494 e. The van der Waals surface area contributed by atoms with Crippen LogP contribution in [0.15, 0.2) is 59.8 Å². The zero-order valence-electron chi connectivity index (χ0n) is 20.2. The van der Waals surface area contributed by atoms with E-state index < -0.39 is 18.1 Å². The molecule has 188 valence electrons. The molecule has 8 heteroatoms. The van der Waals surface area contributed by atoms with Crippen LogP contribution < -0.4 is 10.1 Å². The number of amides is 1. The van der Waals surface area contributed by atoms with E-state index in [0.717, 1.165) is 48.0 Å². The van der Waals surface area contributed by atoms with Gasteiger partial charge >= 0.3 is 0 Å². The van der Waals surface area contributed by atoms with Gasteiger partial charge < -0.3 is 24.9 Å². The van der Waals surface area contributed by atoms with Gasteiger partial charge in [0, 0.05) is 17.7 Å². The molecule has 2 heterocycles. The largest absolute Gasteiger partial charge is 0.494 e. The van der Waals surface area contributed by atoms with Crippen LogP contribution in [-0.4, -0.2) is 53.9 Å².